The molecule has 2 aliphatic rings. The molecule has 0 atom stereocenters. The van der Waals surface area contributed by atoms with E-state index in [9.17, 15) is 0 Å². The van der Waals surface area contributed by atoms with Crippen LogP contribution in [-0.2, 0) is 10.2 Å². The van der Waals surface area contributed by atoms with Crippen molar-refractivity contribution in [3.63, 3.8) is 0 Å². The van der Waals surface area contributed by atoms with Crippen molar-refractivity contribution in [1.29, 1.82) is 0 Å². The molecule has 3 rings (SSSR count). The molecule has 2 heterocycles. The number of nitrogens with zero attached hydrogens (tertiary/aromatic N) is 2. The molecule has 28 heavy (non-hydrogen) atoms. The van der Waals surface area contributed by atoms with Crippen LogP contribution in [0.25, 0.3) is 0 Å². The fraction of sp³-hybridized carbons (Fsp3) is 0.682. The van der Waals surface area contributed by atoms with Crippen molar-refractivity contribution in [1.82, 2.24) is 15.5 Å². The van der Waals surface area contributed by atoms with Gasteiger partial charge in [-0.25, -0.2) is 0 Å². The summed E-state index contributed by atoms with van der Waals surface area (Å²) in [4.78, 5) is 7.00. The lowest BCUT2D eigenvalue weighted by atomic mass is 9.72. The number of benzene rings is 1. The van der Waals surface area contributed by atoms with Gasteiger partial charge in [0.2, 0.25) is 0 Å². The highest BCUT2D eigenvalue weighted by atomic mass is 127. The smallest absolute Gasteiger partial charge is 0.191 e. The first-order chi connectivity index (χ1) is 13.2. The van der Waals surface area contributed by atoms with E-state index in [1.54, 1.807) is 0 Å². The van der Waals surface area contributed by atoms with E-state index < -0.39 is 0 Å². The molecule has 0 unspecified atom stereocenters. The maximum atomic E-state index is 5.67. The number of hydrogen-bond donors (Lipinski definition) is 2. The lowest BCUT2D eigenvalue weighted by Gasteiger charge is -2.39. The Bertz CT molecular complexity index is 610. The minimum absolute atomic E-state index is 0. The largest absolute Gasteiger partial charge is 0.381 e. The molecule has 2 aliphatic heterocycles. The Morgan fingerprint density at radius 2 is 1.82 bits per heavy atom. The lowest BCUT2D eigenvalue weighted by Crippen LogP contribution is -2.49. The zero-order chi connectivity index (χ0) is 19.0. The monoisotopic (exact) mass is 500 g/mol. The maximum Gasteiger partial charge on any atom is 0.191 e. The summed E-state index contributed by atoms with van der Waals surface area (Å²) in [5.74, 6) is 0.909. The van der Waals surface area contributed by atoms with Crippen molar-refractivity contribution >= 4 is 29.9 Å². The second kappa shape index (κ2) is 12.0. The van der Waals surface area contributed by atoms with Crippen molar-refractivity contribution in [2.45, 2.75) is 44.4 Å². The number of piperidine rings is 1. The summed E-state index contributed by atoms with van der Waals surface area (Å²) in [5.41, 5.74) is 2.94. The third kappa shape index (κ3) is 6.32. The van der Waals surface area contributed by atoms with Crippen molar-refractivity contribution in [3.05, 3.63) is 35.4 Å². The molecule has 1 aromatic carbocycles. The number of halogens is 1. The van der Waals surface area contributed by atoms with Crippen LogP contribution in [-0.4, -0.2) is 63.8 Å². The summed E-state index contributed by atoms with van der Waals surface area (Å²) >= 11 is 0. The molecule has 0 spiro atoms. The molecule has 2 fully saturated rings. The van der Waals surface area contributed by atoms with Gasteiger partial charge in [-0.1, -0.05) is 30.7 Å². The first kappa shape index (κ1) is 23.4. The molecule has 5 nitrogen and oxygen atoms in total. The van der Waals surface area contributed by atoms with Crippen LogP contribution in [0, 0.1) is 6.92 Å². The Morgan fingerprint density at radius 1 is 1.11 bits per heavy atom. The standard InChI is InChI=1S/C22H36N4O.HI/c1-19-8-4-5-9-20(19)22(10-16-27-17-11-22)18-25-21(23-2)24-12-15-26-13-6-3-7-14-26;/h4-5,8-9H,3,6-7,10-18H2,1-2H3,(H2,23,24,25);1H. The van der Waals surface area contributed by atoms with Gasteiger partial charge in [0.25, 0.3) is 0 Å². The fourth-order valence-electron chi connectivity index (χ4n) is 4.46. The van der Waals surface area contributed by atoms with Crippen LogP contribution in [0.2, 0.25) is 0 Å². The molecule has 0 saturated carbocycles. The van der Waals surface area contributed by atoms with E-state index in [0.29, 0.717) is 0 Å². The summed E-state index contributed by atoms with van der Waals surface area (Å²) in [5, 5.41) is 7.11. The summed E-state index contributed by atoms with van der Waals surface area (Å²) < 4.78 is 5.67. The van der Waals surface area contributed by atoms with Gasteiger partial charge >= 0.3 is 0 Å². The van der Waals surface area contributed by atoms with Gasteiger partial charge in [0.05, 0.1) is 0 Å². The van der Waals surface area contributed by atoms with Gasteiger partial charge < -0.3 is 20.3 Å². The zero-order valence-corrected chi connectivity index (χ0v) is 19.8. The van der Waals surface area contributed by atoms with E-state index in [2.05, 4.69) is 51.7 Å². The summed E-state index contributed by atoms with van der Waals surface area (Å²) in [6, 6.07) is 8.79. The molecular formula is C22H37IN4O. The number of aliphatic imine (C=N–C) groups is 1. The molecule has 0 bridgehead atoms. The highest BCUT2D eigenvalue weighted by molar-refractivity contribution is 14.0. The Kier molecular flexibility index (Phi) is 10.0. The SMILES string of the molecule is CN=C(NCCN1CCCCC1)NCC1(c2ccccc2C)CCOCC1.I. The van der Waals surface area contributed by atoms with E-state index in [0.717, 1.165) is 51.6 Å². The number of guanidine groups is 1. The molecule has 158 valence electrons. The predicted molar refractivity (Wildman–Crippen MR) is 128 cm³/mol. The van der Waals surface area contributed by atoms with Gasteiger partial charge in [0.15, 0.2) is 5.96 Å². The van der Waals surface area contributed by atoms with Crippen molar-refractivity contribution in [2.24, 2.45) is 4.99 Å². The number of rotatable bonds is 6. The van der Waals surface area contributed by atoms with Crippen molar-refractivity contribution in [3.8, 4) is 0 Å². The molecule has 1 aromatic rings. The van der Waals surface area contributed by atoms with Crippen molar-refractivity contribution in [2.75, 3.05) is 53.0 Å². The van der Waals surface area contributed by atoms with E-state index >= 15 is 0 Å². The van der Waals surface area contributed by atoms with Crippen LogP contribution in [0.5, 0.6) is 0 Å². The Hall–Kier alpha value is -0.860. The van der Waals surface area contributed by atoms with Gasteiger partial charge in [-0.15, -0.1) is 24.0 Å². The van der Waals surface area contributed by atoms with Crippen LogP contribution >= 0.6 is 24.0 Å². The number of likely N-dealkylation sites (tertiary alicyclic amines) is 1. The zero-order valence-electron chi connectivity index (χ0n) is 17.5. The number of hydrogen-bond acceptors (Lipinski definition) is 3. The Labute approximate surface area is 187 Å². The van der Waals surface area contributed by atoms with Gasteiger partial charge in [-0.2, -0.15) is 0 Å². The van der Waals surface area contributed by atoms with Crippen LogP contribution in [0.4, 0.5) is 0 Å². The quantitative estimate of drug-likeness (QED) is 0.358. The molecule has 6 heteroatoms. The average molecular weight is 500 g/mol. The molecular weight excluding hydrogens is 463 g/mol. The second-order valence-electron chi connectivity index (χ2n) is 7.96. The number of nitrogens with one attached hydrogen (secondary N) is 2. The second-order valence-corrected chi connectivity index (χ2v) is 7.96. The average Bonchev–Trinajstić information content (AvgIpc) is 2.72. The van der Waals surface area contributed by atoms with E-state index in [4.69, 9.17) is 4.74 Å². The normalized spacial score (nSPS) is 20.3. The molecule has 0 amide bonds. The summed E-state index contributed by atoms with van der Waals surface area (Å²) in [7, 11) is 1.86. The van der Waals surface area contributed by atoms with Crippen molar-refractivity contribution < 1.29 is 4.74 Å². The van der Waals surface area contributed by atoms with Gasteiger partial charge in [-0.3, -0.25) is 4.99 Å². The lowest BCUT2D eigenvalue weighted by molar-refractivity contribution is 0.0512. The minimum atomic E-state index is 0. The topological polar surface area (TPSA) is 48.9 Å². The summed E-state index contributed by atoms with van der Waals surface area (Å²) in [6.07, 6.45) is 6.17. The molecule has 2 N–H and O–H groups in total. The molecule has 0 aliphatic carbocycles. The first-order valence-corrected chi connectivity index (χ1v) is 10.5. The number of aryl methyl sites for hydroxylation is 1. The Morgan fingerprint density at radius 3 is 2.50 bits per heavy atom. The van der Waals surface area contributed by atoms with E-state index in [1.165, 1.54) is 43.5 Å². The third-order valence-corrected chi connectivity index (χ3v) is 6.15. The van der Waals surface area contributed by atoms with Crippen LogP contribution in [0.3, 0.4) is 0 Å². The van der Waals surface area contributed by atoms with Crippen LogP contribution in [0.15, 0.2) is 29.3 Å². The third-order valence-electron chi connectivity index (χ3n) is 6.15. The van der Waals surface area contributed by atoms with Gasteiger partial charge in [-0.05, 0) is 56.8 Å². The Balaban J connectivity index is 0.00000280. The van der Waals surface area contributed by atoms with Gasteiger partial charge in [0.1, 0.15) is 0 Å². The fourth-order valence-corrected chi connectivity index (χ4v) is 4.46. The molecule has 0 aromatic heterocycles. The minimum Gasteiger partial charge on any atom is -0.381 e. The number of ether oxygens (including phenoxy) is 1. The van der Waals surface area contributed by atoms with Gasteiger partial charge in [0, 0.05) is 45.3 Å². The molecule has 2 saturated heterocycles. The first-order valence-electron chi connectivity index (χ1n) is 10.5. The van der Waals surface area contributed by atoms with E-state index in [-0.39, 0.29) is 29.4 Å². The van der Waals surface area contributed by atoms with Crippen LogP contribution < -0.4 is 10.6 Å². The molecule has 0 radical (unpaired) electrons. The van der Waals surface area contributed by atoms with E-state index in [1.807, 2.05) is 7.05 Å². The summed E-state index contributed by atoms with van der Waals surface area (Å²) in [6.45, 7) is 9.29. The highest BCUT2D eigenvalue weighted by Gasteiger charge is 2.35. The highest BCUT2D eigenvalue weighted by Crippen LogP contribution is 2.36. The predicted octanol–water partition coefficient (Wildman–Crippen LogP) is 3.31. The van der Waals surface area contributed by atoms with Crippen LogP contribution in [0.1, 0.15) is 43.2 Å². The maximum absolute atomic E-state index is 5.67.